The summed E-state index contributed by atoms with van der Waals surface area (Å²) in [6.45, 7) is 2.97. The van der Waals surface area contributed by atoms with Crippen LogP contribution in [0.3, 0.4) is 0 Å². The average molecular weight is 460 g/mol. The molecule has 34 heavy (non-hydrogen) atoms. The molecule has 4 rings (SSSR count). The molecule has 0 radical (unpaired) electrons. The molecule has 0 aliphatic carbocycles. The molecule has 8 heteroatoms. The van der Waals surface area contributed by atoms with Crippen molar-refractivity contribution in [1.82, 2.24) is 10.2 Å². The van der Waals surface area contributed by atoms with Gasteiger partial charge < -0.3 is 13.9 Å². The second-order valence-corrected chi connectivity index (χ2v) is 7.72. The van der Waals surface area contributed by atoms with E-state index in [1.807, 2.05) is 31.2 Å². The average Bonchev–Trinajstić information content (AvgIpc) is 3.34. The van der Waals surface area contributed by atoms with E-state index >= 15 is 0 Å². The smallest absolute Gasteiger partial charge is 0.331 e. The summed E-state index contributed by atoms with van der Waals surface area (Å²) in [5, 5.41) is 2.19. The Bertz CT molecular complexity index is 1200. The number of ether oxygens (including phenoxy) is 2. The van der Waals surface area contributed by atoms with E-state index in [0.717, 1.165) is 16.2 Å². The Morgan fingerprint density at radius 1 is 0.941 bits per heavy atom. The van der Waals surface area contributed by atoms with Gasteiger partial charge in [0.1, 0.15) is 22.8 Å². The summed E-state index contributed by atoms with van der Waals surface area (Å²) in [7, 11) is 0. The molecule has 1 saturated heterocycles. The molecule has 1 N–H and O–H groups in total. The predicted molar refractivity (Wildman–Crippen MR) is 124 cm³/mol. The third-order valence-corrected chi connectivity index (χ3v) is 5.09. The summed E-state index contributed by atoms with van der Waals surface area (Å²) in [5.41, 5.74) is 1.64. The van der Waals surface area contributed by atoms with Crippen molar-refractivity contribution in [2.24, 2.45) is 0 Å². The normalized spacial score (nSPS) is 14.9. The zero-order valence-electron chi connectivity index (χ0n) is 18.7. The van der Waals surface area contributed by atoms with Gasteiger partial charge in [-0.1, -0.05) is 24.3 Å². The molecule has 8 nitrogen and oxygen atoms in total. The van der Waals surface area contributed by atoms with E-state index in [2.05, 4.69) is 5.32 Å². The summed E-state index contributed by atoms with van der Waals surface area (Å²) in [4.78, 5) is 38.1. The van der Waals surface area contributed by atoms with Gasteiger partial charge in [0.05, 0.1) is 26.0 Å². The van der Waals surface area contributed by atoms with Crippen molar-refractivity contribution in [3.05, 3.63) is 89.4 Å². The maximum absolute atomic E-state index is 12.8. The highest BCUT2D eigenvalue weighted by molar-refractivity contribution is 6.30. The molecule has 1 fully saturated rings. The monoisotopic (exact) mass is 460 g/mol. The maximum atomic E-state index is 12.8. The van der Waals surface area contributed by atoms with Crippen molar-refractivity contribution in [3.63, 3.8) is 0 Å². The number of nitrogens with zero attached hydrogens (tertiary/aromatic N) is 1. The second-order valence-electron chi connectivity index (χ2n) is 7.72. The first kappa shape index (κ1) is 22.8. The molecule has 0 spiro atoms. The van der Waals surface area contributed by atoms with Crippen LogP contribution in [0.5, 0.6) is 11.5 Å². The van der Waals surface area contributed by atoms with E-state index in [1.165, 1.54) is 12.3 Å². The number of rotatable bonds is 9. The maximum Gasteiger partial charge on any atom is 0.331 e. The first-order chi connectivity index (χ1) is 16.5. The van der Waals surface area contributed by atoms with E-state index in [9.17, 15) is 14.4 Å². The topological polar surface area (TPSA) is 98.1 Å². The number of barbiturate groups is 1. The van der Waals surface area contributed by atoms with Crippen molar-refractivity contribution < 1.29 is 28.3 Å². The minimum atomic E-state index is -0.779. The molecule has 1 aromatic heterocycles. The van der Waals surface area contributed by atoms with Crippen molar-refractivity contribution in [2.45, 2.75) is 19.9 Å². The number of nitrogens with one attached hydrogen (secondary N) is 1. The van der Waals surface area contributed by atoms with E-state index in [-0.39, 0.29) is 12.1 Å². The highest BCUT2D eigenvalue weighted by atomic mass is 16.5. The molecule has 0 bridgehead atoms. The zero-order chi connectivity index (χ0) is 23.9. The Morgan fingerprint density at radius 3 is 2.41 bits per heavy atom. The van der Waals surface area contributed by atoms with Crippen LogP contribution in [-0.2, 0) is 16.1 Å². The van der Waals surface area contributed by atoms with Crippen molar-refractivity contribution in [3.8, 4) is 11.5 Å². The zero-order valence-corrected chi connectivity index (χ0v) is 18.7. The number of benzene rings is 2. The largest absolute Gasteiger partial charge is 0.493 e. The van der Waals surface area contributed by atoms with Crippen LogP contribution >= 0.6 is 0 Å². The molecule has 0 unspecified atom stereocenters. The number of carbonyl (C=O) groups is 3. The molecular weight excluding hydrogens is 436 g/mol. The number of hydrogen-bond acceptors (Lipinski definition) is 6. The summed E-state index contributed by atoms with van der Waals surface area (Å²) >= 11 is 0. The third-order valence-electron chi connectivity index (χ3n) is 5.09. The summed E-state index contributed by atoms with van der Waals surface area (Å²) in [6.07, 6.45) is 3.61. The van der Waals surface area contributed by atoms with Gasteiger partial charge in [-0.05, 0) is 60.5 Å². The summed E-state index contributed by atoms with van der Waals surface area (Å²) in [6, 6.07) is 17.4. The van der Waals surface area contributed by atoms with Gasteiger partial charge >= 0.3 is 6.03 Å². The number of urea groups is 1. The van der Waals surface area contributed by atoms with Crippen LogP contribution < -0.4 is 14.8 Å². The minimum Gasteiger partial charge on any atom is -0.493 e. The Balaban J connectivity index is 1.31. The third kappa shape index (κ3) is 5.72. The highest BCUT2D eigenvalue weighted by Crippen LogP contribution is 2.19. The number of carbonyl (C=O) groups excluding carboxylic acids is 3. The van der Waals surface area contributed by atoms with Gasteiger partial charge in [-0.2, -0.15) is 0 Å². The molecule has 1 aliphatic heterocycles. The molecule has 0 atom stereocenters. The number of furan rings is 1. The van der Waals surface area contributed by atoms with Crippen LogP contribution in [-0.4, -0.2) is 36.0 Å². The quantitative estimate of drug-likeness (QED) is 0.293. The van der Waals surface area contributed by atoms with Crippen molar-refractivity contribution >= 4 is 23.9 Å². The first-order valence-electron chi connectivity index (χ1n) is 10.8. The lowest BCUT2D eigenvalue weighted by atomic mass is 10.1. The van der Waals surface area contributed by atoms with Gasteiger partial charge in [-0.15, -0.1) is 0 Å². The first-order valence-corrected chi connectivity index (χ1v) is 10.8. The van der Waals surface area contributed by atoms with Crippen LogP contribution in [0.1, 0.15) is 23.3 Å². The lowest BCUT2D eigenvalue weighted by molar-refractivity contribution is -0.130. The predicted octanol–water partition coefficient (Wildman–Crippen LogP) is 4.10. The van der Waals surface area contributed by atoms with Crippen LogP contribution in [0.4, 0.5) is 4.79 Å². The fourth-order valence-corrected chi connectivity index (χ4v) is 3.37. The Morgan fingerprint density at radius 2 is 1.71 bits per heavy atom. The standard InChI is InChI=1S/C26H24N2O6/c1-18-5-2-6-21(15-18)33-14-4-13-32-20-10-8-19(9-11-20)16-23-24(29)27-26(31)28(25(23)30)17-22-7-3-12-34-22/h2-3,5-12,15-16H,4,13-14,17H2,1H3,(H,27,29,31)/b23-16+. The second kappa shape index (κ2) is 10.5. The fourth-order valence-electron chi connectivity index (χ4n) is 3.37. The SMILES string of the molecule is Cc1cccc(OCCCOc2ccc(/C=C3\C(=O)NC(=O)N(Cc4ccco4)C3=O)cc2)c1. The lowest BCUT2D eigenvalue weighted by Gasteiger charge is -2.25. The van der Waals surface area contributed by atoms with E-state index < -0.39 is 17.8 Å². The minimum absolute atomic E-state index is 0.0668. The van der Waals surface area contributed by atoms with Gasteiger partial charge in [0.15, 0.2) is 0 Å². The van der Waals surface area contributed by atoms with E-state index in [0.29, 0.717) is 36.7 Å². The van der Waals surface area contributed by atoms with E-state index in [1.54, 1.807) is 36.4 Å². The van der Waals surface area contributed by atoms with Gasteiger partial charge in [-0.3, -0.25) is 19.8 Å². The number of amides is 4. The number of hydrogen-bond donors (Lipinski definition) is 1. The van der Waals surface area contributed by atoms with Gasteiger partial charge in [0.25, 0.3) is 11.8 Å². The van der Waals surface area contributed by atoms with Crippen molar-refractivity contribution in [1.29, 1.82) is 0 Å². The number of aryl methyl sites for hydroxylation is 1. The molecule has 2 aromatic carbocycles. The van der Waals surface area contributed by atoms with Crippen LogP contribution in [0.15, 0.2) is 76.9 Å². The lowest BCUT2D eigenvalue weighted by Crippen LogP contribution is -2.53. The van der Waals surface area contributed by atoms with Gasteiger partial charge in [-0.25, -0.2) is 4.79 Å². The Labute approximate surface area is 196 Å². The molecule has 0 saturated carbocycles. The fraction of sp³-hybridized carbons (Fsp3) is 0.192. The summed E-state index contributed by atoms with van der Waals surface area (Å²) < 4.78 is 16.6. The van der Waals surface area contributed by atoms with Gasteiger partial charge in [0.2, 0.25) is 0 Å². The van der Waals surface area contributed by atoms with Crippen molar-refractivity contribution in [2.75, 3.05) is 13.2 Å². The van der Waals surface area contributed by atoms with Crippen LogP contribution in [0.2, 0.25) is 0 Å². The Kier molecular flexibility index (Phi) is 7.07. The molecule has 174 valence electrons. The van der Waals surface area contributed by atoms with E-state index in [4.69, 9.17) is 13.9 Å². The Hall–Kier alpha value is -4.33. The molecule has 3 aromatic rings. The van der Waals surface area contributed by atoms with Gasteiger partial charge in [0, 0.05) is 6.42 Å². The molecule has 2 heterocycles. The van der Waals surface area contributed by atoms with Crippen LogP contribution in [0.25, 0.3) is 6.08 Å². The van der Waals surface area contributed by atoms with Crippen LogP contribution in [0, 0.1) is 6.92 Å². The molecule has 1 aliphatic rings. The summed E-state index contributed by atoms with van der Waals surface area (Å²) in [5.74, 6) is 0.511. The molecular formula is C26H24N2O6. The highest BCUT2D eigenvalue weighted by Gasteiger charge is 2.36. The molecule has 4 amide bonds. The number of imide groups is 2.